The van der Waals surface area contributed by atoms with Crippen molar-refractivity contribution in [2.45, 2.75) is 6.92 Å². The van der Waals surface area contributed by atoms with Crippen LogP contribution in [0.5, 0.6) is 23.1 Å². The Balaban J connectivity index is 1.91. The maximum atomic E-state index is 11.7. The number of benzene rings is 2. The van der Waals surface area contributed by atoms with Crippen LogP contribution in [-0.4, -0.2) is 23.2 Å². The highest BCUT2D eigenvalue weighted by Crippen LogP contribution is 2.33. The molecule has 0 aliphatic heterocycles. The third-order valence-corrected chi connectivity index (χ3v) is 3.93. The van der Waals surface area contributed by atoms with Gasteiger partial charge in [-0.1, -0.05) is 36.4 Å². The van der Waals surface area contributed by atoms with Gasteiger partial charge in [0.25, 0.3) is 0 Å². The van der Waals surface area contributed by atoms with Gasteiger partial charge in [-0.05, 0) is 31.2 Å². The maximum Gasteiger partial charge on any atom is 0.339 e. The zero-order chi connectivity index (χ0) is 19.9. The Morgan fingerprint density at radius 3 is 2.36 bits per heavy atom. The molecule has 1 heterocycles. The molecule has 0 bridgehead atoms. The fraction of sp³-hybridized carbons (Fsp3) is 0.0909. The van der Waals surface area contributed by atoms with Crippen LogP contribution in [0.25, 0.3) is 5.57 Å². The van der Waals surface area contributed by atoms with Crippen LogP contribution in [0.3, 0.4) is 0 Å². The topological polar surface area (TPSA) is 77.9 Å². The summed E-state index contributed by atoms with van der Waals surface area (Å²) < 4.78 is 16.8. The zero-order valence-corrected chi connectivity index (χ0v) is 15.5. The summed E-state index contributed by atoms with van der Waals surface area (Å²) in [7, 11) is 1.42. The second-order valence-corrected chi connectivity index (χ2v) is 5.78. The van der Waals surface area contributed by atoms with E-state index in [9.17, 15) is 9.90 Å². The Labute approximate surface area is 162 Å². The van der Waals surface area contributed by atoms with E-state index in [1.165, 1.54) is 7.11 Å². The van der Waals surface area contributed by atoms with Crippen molar-refractivity contribution in [3.05, 3.63) is 84.2 Å². The Kier molecular flexibility index (Phi) is 5.91. The van der Waals surface area contributed by atoms with Gasteiger partial charge in [0.1, 0.15) is 28.6 Å². The van der Waals surface area contributed by atoms with Crippen molar-refractivity contribution in [2.75, 3.05) is 7.11 Å². The molecular formula is C22H19NO5. The van der Waals surface area contributed by atoms with Crippen LogP contribution in [0.4, 0.5) is 0 Å². The first-order valence-electron chi connectivity index (χ1n) is 8.53. The van der Waals surface area contributed by atoms with E-state index in [-0.39, 0.29) is 17.2 Å². The number of aromatic nitrogens is 1. The third kappa shape index (κ3) is 4.48. The van der Waals surface area contributed by atoms with E-state index in [4.69, 9.17) is 14.2 Å². The zero-order valence-electron chi connectivity index (χ0n) is 15.5. The number of pyridine rings is 1. The molecule has 3 rings (SSSR count). The summed E-state index contributed by atoms with van der Waals surface area (Å²) in [6, 6.07) is 19.5. The van der Waals surface area contributed by atoms with Crippen LogP contribution in [0.1, 0.15) is 12.5 Å². The average molecular weight is 377 g/mol. The Bertz CT molecular complexity index is 999. The normalized spacial score (nSPS) is 11.4. The maximum absolute atomic E-state index is 11.7. The minimum atomic E-state index is -1.11. The standard InChI is InChI=1S/C22H19NO5/c1-15(26-2)21(22(24)25)18-10-6-7-11-19(18)28-20-14-17(12-13-23-20)27-16-8-4-3-5-9-16/h3-14H,1-2H3,(H,24,25). The summed E-state index contributed by atoms with van der Waals surface area (Å²) in [5.74, 6) is 1.03. The summed E-state index contributed by atoms with van der Waals surface area (Å²) in [5, 5.41) is 9.60. The summed E-state index contributed by atoms with van der Waals surface area (Å²) in [5.41, 5.74) is 0.417. The molecule has 28 heavy (non-hydrogen) atoms. The van der Waals surface area contributed by atoms with E-state index in [1.54, 1.807) is 49.5 Å². The number of hydrogen-bond acceptors (Lipinski definition) is 5. The lowest BCUT2D eigenvalue weighted by Crippen LogP contribution is -2.05. The largest absolute Gasteiger partial charge is 0.500 e. The van der Waals surface area contributed by atoms with E-state index < -0.39 is 5.97 Å². The number of carbonyl (C=O) groups is 1. The minimum Gasteiger partial charge on any atom is -0.500 e. The summed E-state index contributed by atoms with van der Waals surface area (Å²) in [4.78, 5) is 15.9. The van der Waals surface area contributed by atoms with Gasteiger partial charge in [0.05, 0.1) is 7.11 Å². The van der Waals surface area contributed by atoms with Crippen LogP contribution in [0.15, 0.2) is 78.7 Å². The monoisotopic (exact) mass is 377 g/mol. The van der Waals surface area contributed by atoms with Crippen LogP contribution >= 0.6 is 0 Å². The van der Waals surface area contributed by atoms with Crippen molar-refractivity contribution in [3.63, 3.8) is 0 Å². The van der Waals surface area contributed by atoms with Crippen molar-refractivity contribution >= 4 is 11.5 Å². The van der Waals surface area contributed by atoms with Gasteiger partial charge in [-0.3, -0.25) is 0 Å². The minimum absolute atomic E-state index is 0.0230. The number of carboxylic acids is 1. The number of hydrogen-bond donors (Lipinski definition) is 1. The highest BCUT2D eigenvalue weighted by molar-refractivity contribution is 6.16. The molecule has 1 N–H and O–H groups in total. The van der Waals surface area contributed by atoms with Gasteiger partial charge >= 0.3 is 5.97 Å². The van der Waals surface area contributed by atoms with Crippen molar-refractivity contribution in [1.29, 1.82) is 0 Å². The predicted molar refractivity (Wildman–Crippen MR) is 105 cm³/mol. The summed E-state index contributed by atoms with van der Waals surface area (Å²) in [6.07, 6.45) is 1.56. The lowest BCUT2D eigenvalue weighted by Gasteiger charge is -2.13. The highest BCUT2D eigenvalue weighted by atomic mass is 16.5. The van der Waals surface area contributed by atoms with Gasteiger partial charge < -0.3 is 19.3 Å². The van der Waals surface area contributed by atoms with E-state index in [1.807, 2.05) is 30.3 Å². The molecule has 0 aliphatic carbocycles. The SMILES string of the molecule is COC(C)=C(C(=O)O)c1ccccc1Oc1cc(Oc2ccccc2)ccn1. The fourth-order valence-electron chi connectivity index (χ4n) is 2.57. The van der Waals surface area contributed by atoms with Gasteiger partial charge in [0.15, 0.2) is 0 Å². The number of para-hydroxylation sites is 2. The molecule has 0 saturated heterocycles. The number of rotatable bonds is 7. The van der Waals surface area contributed by atoms with Crippen molar-refractivity contribution in [3.8, 4) is 23.1 Å². The van der Waals surface area contributed by atoms with Crippen LogP contribution in [0, 0.1) is 0 Å². The molecule has 3 aromatic rings. The Morgan fingerprint density at radius 1 is 0.929 bits per heavy atom. The van der Waals surface area contributed by atoms with Crippen molar-refractivity contribution < 1.29 is 24.1 Å². The molecule has 6 heteroatoms. The number of aliphatic carboxylic acids is 1. The number of methoxy groups -OCH3 is 1. The van der Waals surface area contributed by atoms with E-state index in [0.717, 1.165) is 0 Å². The Hall–Kier alpha value is -3.80. The van der Waals surface area contributed by atoms with Crippen LogP contribution < -0.4 is 9.47 Å². The van der Waals surface area contributed by atoms with Gasteiger partial charge in [-0.25, -0.2) is 9.78 Å². The molecule has 6 nitrogen and oxygen atoms in total. The third-order valence-electron chi connectivity index (χ3n) is 3.93. The van der Waals surface area contributed by atoms with Gasteiger partial charge in [-0.15, -0.1) is 0 Å². The second-order valence-electron chi connectivity index (χ2n) is 5.78. The summed E-state index contributed by atoms with van der Waals surface area (Å²) >= 11 is 0. The van der Waals surface area contributed by atoms with Gasteiger partial charge in [-0.2, -0.15) is 0 Å². The average Bonchev–Trinajstić information content (AvgIpc) is 2.70. The number of ether oxygens (including phenoxy) is 3. The molecule has 0 saturated carbocycles. The predicted octanol–water partition coefficient (Wildman–Crippen LogP) is 5.13. The molecule has 0 atom stereocenters. The molecule has 2 aromatic carbocycles. The van der Waals surface area contributed by atoms with E-state index in [2.05, 4.69) is 4.98 Å². The number of nitrogens with zero attached hydrogens (tertiary/aromatic N) is 1. The smallest absolute Gasteiger partial charge is 0.339 e. The molecule has 1 aromatic heterocycles. The molecule has 0 spiro atoms. The molecule has 0 amide bonds. The summed E-state index contributed by atoms with van der Waals surface area (Å²) in [6.45, 7) is 1.59. The molecule has 0 unspecified atom stereocenters. The number of allylic oxidation sites excluding steroid dienone is 1. The quantitative estimate of drug-likeness (QED) is 0.454. The first-order valence-corrected chi connectivity index (χ1v) is 8.53. The van der Waals surface area contributed by atoms with Crippen molar-refractivity contribution in [2.24, 2.45) is 0 Å². The van der Waals surface area contributed by atoms with E-state index >= 15 is 0 Å². The fourth-order valence-corrected chi connectivity index (χ4v) is 2.57. The molecular weight excluding hydrogens is 358 g/mol. The van der Waals surface area contributed by atoms with Crippen LogP contribution in [0.2, 0.25) is 0 Å². The lowest BCUT2D eigenvalue weighted by atomic mass is 10.0. The van der Waals surface area contributed by atoms with Crippen molar-refractivity contribution in [1.82, 2.24) is 4.98 Å². The van der Waals surface area contributed by atoms with Gasteiger partial charge in [0, 0.05) is 17.8 Å². The molecule has 0 aliphatic rings. The van der Waals surface area contributed by atoms with Gasteiger partial charge in [0.2, 0.25) is 5.88 Å². The lowest BCUT2D eigenvalue weighted by molar-refractivity contribution is -0.130. The number of carboxylic acid groups (broad SMARTS) is 1. The molecule has 0 fully saturated rings. The molecule has 0 radical (unpaired) electrons. The Morgan fingerprint density at radius 2 is 1.64 bits per heavy atom. The molecule has 142 valence electrons. The first-order chi connectivity index (χ1) is 13.6. The highest BCUT2D eigenvalue weighted by Gasteiger charge is 2.20. The second kappa shape index (κ2) is 8.73. The van der Waals surface area contributed by atoms with Crippen LogP contribution in [-0.2, 0) is 9.53 Å². The van der Waals surface area contributed by atoms with E-state index in [0.29, 0.717) is 22.8 Å². The first kappa shape index (κ1) is 19.0.